The molecule has 0 aliphatic heterocycles. The van der Waals surface area contributed by atoms with Gasteiger partial charge in [0.15, 0.2) is 18.4 Å². The first-order valence-electron chi connectivity index (χ1n) is 6.83. The molecule has 116 valence electrons. The van der Waals surface area contributed by atoms with Crippen LogP contribution in [0.4, 0.5) is 0 Å². The highest BCUT2D eigenvalue weighted by Gasteiger charge is 1.98. The Morgan fingerprint density at radius 3 is 1.73 bits per heavy atom. The number of rotatable bonds is 5. The molecule has 2 rings (SSSR count). The Morgan fingerprint density at radius 1 is 0.818 bits per heavy atom. The highest BCUT2D eigenvalue weighted by Crippen LogP contribution is 2.12. The van der Waals surface area contributed by atoms with Gasteiger partial charge in [0, 0.05) is 18.2 Å². The van der Waals surface area contributed by atoms with Gasteiger partial charge in [0.1, 0.15) is 5.75 Å². The number of methoxy groups -OCH3 is 1. The van der Waals surface area contributed by atoms with Crippen molar-refractivity contribution in [2.24, 2.45) is 0 Å². The first-order valence-corrected chi connectivity index (χ1v) is 6.83. The molecule has 0 atom stereocenters. The summed E-state index contributed by atoms with van der Waals surface area (Å²) in [6.45, 7) is 3.32. The number of hydrogen-bond acceptors (Lipinski definition) is 4. The number of Topliss-reactive ketones (excluding diaryl/α,β-unsaturated/α-hetero) is 2. The van der Waals surface area contributed by atoms with Crippen LogP contribution in [0.2, 0.25) is 0 Å². The summed E-state index contributed by atoms with van der Waals surface area (Å²) >= 11 is 0. The average molecular weight is 300 g/mol. The molecule has 0 fully saturated rings. The van der Waals surface area contributed by atoms with E-state index in [0.29, 0.717) is 11.3 Å². The number of ketones is 2. The molecule has 0 unspecified atom stereocenters. The second-order valence-electron chi connectivity index (χ2n) is 4.55. The molecular weight excluding hydrogens is 280 g/mol. The van der Waals surface area contributed by atoms with E-state index in [2.05, 4.69) is 0 Å². The predicted octanol–water partition coefficient (Wildman–Crippen LogP) is 3.76. The Kier molecular flexibility index (Phi) is 7.57. The molecule has 0 radical (unpaired) electrons. The molecule has 2 aromatic carbocycles. The van der Waals surface area contributed by atoms with E-state index in [4.69, 9.17) is 9.47 Å². The van der Waals surface area contributed by atoms with E-state index in [9.17, 15) is 9.59 Å². The zero-order valence-electron chi connectivity index (χ0n) is 13.0. The van der Waals surface area contributed by atoms with Gasteiger partial charge in [0.05, 0.1) is 0 Å². The lowest BCUT2D eigenvalue weighted by molar-refractivity contribution is 0.0511. The summed E-state index contributed by atoms with van der Waals surface area (Å²) in [5.74, 6) is 0.876. The second-order valence-corrected chi connectivity index (χ2v) is 4.55. The molecule has 2 aromatic rings. The third-order valence-corrected chi connectivity index (χ3v) is 2.78. The standard InChI is InChI=1S/C10H12O3.C8H8O/c1-8(11)9-3-5-10(6-4-9)13-7-12-2;1-7(9)8-5-3-2-4-6-8/h3-6H,7H2,1-2H3;2-6H,1H3. The maximum Gasteiger partial charge on any atom is 0.188 e. The number of benzene rings is 2. The van der Waals surface area contributed by atoms with Gasteiger partial charge in [-0.3, -0.25) is 9.59 Å². The van der Waals surface area contributed by atoms with Crippen molar-refractivity contribution in [3.63, 3.8) is 0 Å². The van der Waals surface area contributed by atoms with Crippen LogP contribution in [0.5, 0.6) is 5.75 Å². The predicted molar refractivity (Wildman–Crippen MR) is 85.4 cm³/mol. The van der Waals surface area contributed by atoms with Crippen LogP contribution in [0.3, 0.4) is 0 Å². The lowest BCUT2D eigenvalue weighted by Gasteiger charge is -2.04. The second kappa shape index (κ2) is 9.47. The number of carbonyl (C=O) groups is 2. The van der Waals surface area contributed by atoms with E-state index < -0.39 is 0 Å². The molecule has 22 heavy (non-hydrogen) atoms. The number of hydrogen-bond donors (Lipinski definition) is 0. The van der Waals surface area contributed by atoms with Gasteiger partial charge in [0.25, 0.3) is 0 Å². The molecular formula is C18H20O4. The van der Waals surface area contributed by atoms with Gasteiger partial charge in [-0.25, -0.2) is 0 Å². The molecule has 0 spiro atoms. The maximum absolute atomic E-state index is 10.9. The molecule has 4 heteroatoms. The van der Waals surface area contributed by atoms with E-state index in [-0.39, 0.29) is 18.4 Å². The Labute approximate surface area is 130 Å². The van der Waals surface area contributed by atoms with E-state index in [1.807, 2.05) is 30.3 Å². The van der Waals surface area contributed by atoms with Crippen LogP contribution < -0.4 is 4.74 Å². The van der Waals surface area contributed by atoms with Crippen LogP contribution in [0.25, 0.3) is 0 Å². The largest absolute Gasteiger partial charge is 0.468 e. The van der Waals surface area contributed by atoms with Crippen LogP contribution in [-0.2, 0) is 4.74 Å². The molecule has 0 aliphatic carbocycles. The van der Waals surface area contributed by atoms with E-state index in [1.54, 1.807) is 38.3 Å². The van der Waals surface area contributed by atoms with Crippen LogP contribution >= 0.6 is 0 Å². The third kappa shape index (κ3) is 6.33. The smallest absolute Gasteiger partial charge is 0.188 e. The summed E-state index contributed by atoms with van der Waals surface area (Å²) in [5.41, 5.74) is 1.46. The minimum Gasteiger partial charge on any atom is -0.468 e. The van der Waals surface area contributed by atoms with Crippen LogP contribution in [-0.4, -0.2) is 25.5 Å². The van der Waals surface area contributed by atoms with Crippen LogP contribution in [0, 0.1) is 0 Å². The van der Waals surface area contributed by atoms with Crippen molar-refractivity contribution >= 4 is 11.6 Å². The fourth-order valence-electron chi connectivity index (χ4n) is 1.59. The quantitative estimate of drug-likeness (QED) is 0.623. The molecule has 0 saturated heterocycles. The Bertz CT molecular complexity index is 588. The summed E-state index contributed by atoms with van der Waals surface area (Å²) in [6.07, 6.45) is 0. The molecule has 0 saturated carbocycles. The van der Waals surface area contributed by atoms with E-state index >= 15 is 0 Å². The lowest BCUT2D eigenvalue weighted by atomic mass is 10.1. The Hall–Kier alpha value is -2.46. The highest BCUT2D eigenvalue weighted by molar-refractivity contribution is 5.94. The number of ether oxygens (including phenoxy) is 2. The summed E-state index contributed by atoms with van der Waals surface area (Å²) in [6, 6.07) is 16.2. The van der Waals surface area contributed by atoms with Gasteiger partial charge >= 0.3 is 0 Å². The fourth-order valence-corrected chi connectivity index (χ4v) is 1.59. The van der Waals surface area contributed by atoms with Gasteiger partial charge in [-0.1, -0.05) is 30.3 Å². The third-order valence-electron chi connectivity index (χ3n) is 2.78. The highest BCUT2D eigenvalue weighted by atomic mass is 16.7. The van der Waals surface area contributed by atoms with Crippen LogP contribution in [0.1, 0.15) is 34.6 Å². The van der Waals surface area contributed by atoms with Gasteiger partial charge in [-0.15, -0.1) is 0 Å². The molecule has 0 N–H and O–H groups in total. The summed E-state index contributed by atoms with van der Waals surface area (Å²) < 4.78 is 9.89. The fraction of sp³-hybridized carbons (Fsp3) is 0.222. The van der Waals surface area contributed by atoms with Gasteiger partial charge in [-0.2, -0.15) is 0 Å². The zero-order chi connectivity index (χ0) is 16.4. The van der Waals surface area contributed by atoms with Crippen molar-refractivity contribution < 1.29 is 19.1 Å². The molecule has 0 aliphatic rings. The van der Waals surface area contributed by atoms with E-state index in [0.717, 1.165) is 5.56 Å². The lowest BCUT2D eigenvalue weighted by Crippen LogP contribution is -1.99. The van der Waals surface area contributed by atoms with Crippen molar-refractivity contribution in [1.82, 2.24) is 0 Å². The van der Waals surface area contributed by atoms with Gasteiger partial charge < -0.3 is 9.47 Å². The summed E-state index contributed by atoms with van der Waals surface area (Å²) in [7, 11) is 1.56. The van der Waals surface area contributed by atoms with Crippen molar-refractivity contribution in [2.45, 2.75) is 13.8 Å². The first-order chi connectivity index (χ1) is 10.5. The maximum atomic E-state index is 10.9. The summed E-state index contributed by atoms with van der Waals surface area (Å²) in [4.78, 5) is 21.6. The first kappa shape index (κ1) is 17.6. The molecule has 0 amide bonds. The van der Waals surface area contributed by atoms with Crippen molar-refractivity contribution in [2.75, 3.05) is 13.9 Å². The SMILES string of the molecule is CC(=O)c1ccccc1.COCOc1ccc(C(C)=O)cc1. The molecule has 0 heterocycles. The molecule has 0 bridgehead atoms. The van der Waals surface area contributed by atoms with Crippen molar-refractivity contribution in [3.8, 4) is 5.75 Å². The van der Waals surface area contributed by atoms with Crippen LogP contribution in [0.15, 0.2) is 54.6 Å². The summed E-state index contributed by atoms with van der Waals surface area (Å²) in [5, 5.41) is 0. The Balaban J connectivity index is 0.000000235. The molecule has 4 nitrogen and oxygen atoms in total. The number of carbonyl (C=O) groups excluding carboxylic acids is 2. The average Bonchev–Trinajstić information content (AvgIpc) is 2.54. The van der Waals surface area contributed by atoms with E-state index in [1.165, 1.54) is 6.92 Å². The topological polar surface area (TPSA) is 52.6 Å². The van der Waals surface area contributed by atoms with Crippen molar-refractivity contribution in [1.29, 1.82) is 0 Å². The van der Waals surface area contributed by atoms with Gasteiger partial charge in [0.2, 0.25) is 0 Å². The minimum atomic E-state index is 0.0540. The van der Waals surface area contributed by atoms with Crippen molar-refractivity contribution in [3.05, 3.63) is 65.7 Å². The Morgan fingerprint density at radius 2 is 1.32 bits per heavy atom. The van der Waals surface area contributed by atoms with Gasteiger partial charge in [-0.05, 0) is 38.1 Å². The monoisotopic (exact) mass is 300 g/mol. The zero-order valence-corrected chi connectivity index (χ0v) is 13.0. The minimum absolute atomic E-state index is 0.0540. The normalized spacial score (nSPS) is 9.41. The molecule has 0 aromatic heterocycles.